The molecule has 33 heavy (non-hydrogen) atoms. The Labute approximate surface area is 191 Å². The third kappa shape index (κ3) is 3.50. The first-order chi connectivity index (χ1) is 16.2. The first-order valence-electron chi connectivity index (χ1n) is 11.7. The van der Waals surface area contributed by atoms with Gasteiger partial charge in [0, 0.05) is 17.8 Å². The molecule has 0 saturated heterocycles. The molecule has 0 spiro atoms. The summed E-state index contributed by atoms with van der Waals surface area (Å²) in [6.07, 6.45) is 5.43. The number of hydrogen-bond donors (Lipinski definition) is 1. The first-order valence-corrected chi connectivity index (χ1v) is 11.7. The zero-order valence-electron chi connectivity index (χ0n) is 18.3. The smallest absolute Gasteiger partial charge is 0.253 e. The van der Waals surface area contributed by atoms with Gasteiger partial charge in [-0.3, -0.25) is 19.1 Å². The monoisotopic (exact) mass is 446 g/mol. The number of aromatic nitrogens is 2. The molecule has 170 valence electrons. The normalized spacial score (nSPS) is 20.2. The van der Waals surface area contributed by atoms with Gasteiger partial charge in [-0.05, 0) is 37.1 Å². The van der Waals surface area contributed by atoms with Gasteiger partial charge in [-0.1, -0.05) is 31.4 Å². The Kier molecular flexibility index (Phi) is 4.93. The fraction of sp³-hybridized carbons (Fsp3) is 0.400. The van der Waals surface area contributed by atoms with Gasteiger partial charge in [-0.2, -0.15) is 0 Å². The minimum absolute atomic E-state index is 0.0347. The van der Waals surface area contributed by atoms with Crippen molar-refractivity contribution in [1.29, 1.82) is 0 Å². The average molecular weight is 447 g/mol. The fourth-order valence-corrected chi connectivity index (χ4v) is 5.25. The average Bonchev–Trinajstić information content (AvgIpc) is 3.33. The van der Waals surface area contributed by atoms with Crippen LogP contribution < -0.4 is 19.7 Å². The molecule has 0 bridgehead atoms. The molecule has 1 N–H and O–H groups in total. The zero-order valence-corrected chi connectivity index (χ0v) is 18.3. The van der Waals surface area contributed by atoms with Crippen molar-refractivity contribution < 1.29 is 19.1 Å². The van der Waals surface area contributed by atoms with Gasteiger partial charge in [0.15, 0.2) is 11.5 Å². The predicted molar refractivity (Wildman–Crippen MR) is 124 cm³/mol. The lowest BCUT2D eigenvalue weighted by atomic mass is 9.94. The Bertz CT molecular complexity index is 1230. The molecule has 0 radical (unpaired) electrons. The standard InChI is InChI=1S/C25H26N4O4/c30-23(26-16-10-11-21-22(14-16)33-13-12-32-21)15-20-24(31)28(17-6-2-1-3-7-17)25-27-18-8-4-5-9-19(18)29(20)25/h4-5,8-11,14,17,20H,1-3,6-7,12-13,15H2,(H,26,30)/t20-/m0/s1. The molecule has 2 aliphatic heterocycles. The third-order valence-electron chi connectivity index (χ3n) is 6.77. The van der Waals surface area contributed by atoms with Crippen LogP contribution in [0.2, 0.25) is 0 Å². The van der Waals surface area contributed by atoms with E-state index in [1.807, 2.05) is 33.7 Å². The number of ether oxygens (including phenoxy) is 2. The minimum atomic E-state index is -0.605. The summed E-state index contributed by atoms with van der Waals surface area (Å²) >= 11 is 0. The van der Waals surface area contributed by atoms with Gasteiger partial charge >= 0.3 is 0 Å². The number of rotatable bonds is 4. The second kappa shape index (κ2) is 8.10. The topological polar surface area (TPSA) is 85.7 Å². The maximum absolute atomic E-state index is 13.6. The maximum Gasteiger partial charge on any atom is 0.253 e. The largest absolute Gasteiger partial charge is 0.486 e. The Morgan fingerprint density at radius 1 is 1.03 bits per heavy atom. The number of para-hydroxylation sites is 2. The van der Waals surface area contributed by atoms with E-state index in [2.05, 4.69) is 5.32 Å². The van der Waals surface area contributed by atoms with Gasteiger partial charge in [0.1, 0.15) is 19.3 Å². The SMILES string of the molecule is O=C(C[C@H]1C(=O)N(C2CCCCC2)c2nc3ccccc3n21)Nc1ccc2c(c1)OCCO2. The van der Waals surface area contributed by atoms with Crippen molar-refractivity contribution in [3.63, 3.8) is 0 Å². The van der Waals surface area contributed by atoms with Gasteiger partial charge < -0.3 is 14.8 Å². The molecule has 1 fully saturated rings. The zero-order chi connectivity index (χ0) is 22.4. The van der Waals surface area contributed by atoms with Crippen LogP contribution in [0.3, 0.4) is 0 Å². The summed E-state index contributed by atoms with van der Waals surface area (Å²) in [7, 11) is 0. The summed E-state index contributed by atoms with van der Waals surface area (Å²) < 4.78 is 13.1. The number of carbonyl (C=O) groups is 2. The van der Waals surface area contributed by atoms with Crippen LogP contribution in [0.4, 0.5) is 11.6 Å². The number of carbonyl (C=O) groups excluding carboxylic acids is 2. The number of benzene rings is 2. The number of imidazole rings is 1. The van der Waals surface area contributed by atoms with Crippen molar-refractivity contribution in [3.05, 3.63) is 42.5 Å². The van der Waals surface area contributed by atoms with E-state index in [1.54, 1.807) is 18.2 Å². The molecule has 0 unspecified atom stereocenters. The number of amides is 2. The highest BCUT2D eigenvalue weighted by molar-refractivity contribution is 6.05. The van der Waals surface area contributed by atoms with Crippen LogP contribution in [-0.2, 0) is 9.59 Å². The number of anilines is 2. The highest BCUT2D eigenvalue weighted by atomic mass is 16.6. The van der Waals surface area contributed by atoms with E-state index in [-0.39, 0.29) is 24.3 Å². The molecular weight excluding hydrogens is 420 g/mol. The predicted octanol–water partition coefficient (Wildman–Crippen LogP) is 4.06. The van der Waals surface area contributed by atoms with Gasteiger partial charge in [-0.25, -0.2) is 4.98 Å². The molecule has 8 heteroatoms. The van der Waals surface area contributed by atoms with E-state index in [0.717, 1.165) is 36.7 Å². The molecule has 3 heterocycles. The van der Waals surface area contributed by atoms with Crippen LogP contribution in [0.25, 0.3) is 11.0 Å². The van der Waals surface area contributed by atoms with Crippen molar-refractivity contribution in [3.8, 4) is 11.5 Å². The molecule has 1 atom stereocenters. The molecule has 6 rings (SSSR count). The summed E-state index contributed by atoms with van der Waals surface area (Å²) in [4.78, 5) is 33.3. The van der Waals surface area contributed by atoms with Crippen LogP contribution in [0.1, 0.15) is 44.6 Å². The number of nitrogens with zero attached hydrogens (tertiary/aromatic N) is 3. The quantitative estimate of drug-likeness (QED) is 0.653. The summed E-state index contributed by atoms with van der Waals surface area (Å²) in [5.74, 6) is 1.70. The van der Waals surface area contributed by atoms with E-state index in [1.165, 1.54) is 6.42 Å². The number of fused-ring (bicyclic) bond motifs is 4. The Morgan fingerprint density at radius 2 is 1.82 bits per heavy atom. The van der Waals surface area contributed by atoms with Gasteiger partial charge in [-0.15, -0.1) is 0 Å². The van der Waals surface area contributed by atoms with E-state index >= 15 is 0 Å². The summed E-state index contributed by atoms with van der Waals surface area (Å²) in [5.41, 5.74) is 2.35. The molecule has 2 amide bonds. The lowest BCUT2D eigenvalue weighted by molar-refractivity contribution is -0.125. The van der Waals surface area contributed by atoms with Crippen LogP contribution in [-0.4, -0.2) is 40.6 Å². The van der Waals surface area contributed by atoms with Crippen molar-refractivity contribution >= 4 is 34.5 Å². The summed E-state index contributed by atoms with van der Waals surface area (Å²) in [5, 5.41) is 2.93. The molecule has 1 aliphatic carbocycles. The third-order valence-corrected chi connectivity index (χ3v) is 6.77. The molecule has 3 aromatic rings. The molecule has 1 saturated carbocycles. The minimum Gasteiger partial charge on any atom is -0.486 e. The van der Waals surface area contributed by atoms with E-state index in [4.69, 9.17) is 14.5 Å². The van der Waals surface area contributed by atoms with E-state index < -0.39 is 6.04 Å². The molecule has 3 aliphatic rings. The Hall–Kier alpha value is -3.55. The van der Waals surface area contributed by atoms with Crippen molar-refractivity contribution in [2.24, 2.45) is 0 Å². The Morgan fingerprint density at radius 3 is 2.67 bits per heavy atom. The lowest BCUT2D eigenvalue weighted by Crippen LogP contribution is -2.41. The summed E-state index contributed by atoms with van der Waals surface area (Å²) in [6, 6.07) is 12.7. The van der Waals surface area contributed by atoms with Crippen molar-refractivity contribution in [2.75, 3.05) is 23.4 Å². The van der Waals surface area contributed by atoms with Crippen LogP contribution in [0.5, 0.6) is 11.5 Å². The number of nitrogens with one attached hydrogen (secondary N) is 1. The van der Waals surface area contributed by atoms with Gasteiger partial charge in [0.05, 0.1) is 17.5 Å². The van der Waals surface area contributed by atoms with Crippen LogP contribution >= 0.6 is 0 Å². The summed E-state index contributed by atoms with van der Waals surface area (Å²) in [6.45, 7) is 0.996. The second-order valence-electron chi connectivity index (χ2n) is 8.90. The first kappa shape index (κ1) is 20.1. The van der Waals surface area contributed by atoms with Crippen molar-refractivity contribution in [1.82, 2.24) is 9.55 Å². The highest BCUT2D eigenvalue weighted by Crippen LogP contribution is 2.40. The molecule has 1 aromatic heterocycles. The maximum atomic E-state index is 13.6. The van der Waals surface area contributed by atoms with Crippen molar-refractivity contribution in [2.45, 2.75) is 50.6 Å². The fourth-order valence-electron chi connectivity index (χ4n) is 5.25. The van der Waals surface area contributed by atoms with E-state index in [9.17, 15) is 9.59 Å². The van der Waals surface area contributed by atoms with Gasteiger partial charge in [0.2, 0.25) is 11.9 Å². The second-order valence-corrected chi connectivity index (χ2v) is 8.90. The number of hydrogen-bond acceptors (Lipinski definition) is 5. The highest BCUT2D eigenvalue weighted by Gasteiger charge is 2.44. The van der Waals surface area contributed by atoms with Crippen LogP contribution in [0.15, 0.2) is 42.5 Å². The van der Waals surface area contributed by atoms with Gasteiger partial charge in [0.25, 0.3) is 5.91 Å². The lowest BCUT2D eigenvalue weighted by Gasteiger charge is -2.30. The molecule has 8 nitrogen and oxygen atoms in total. The van der Waals surface area contributed by atoms with Crippen LogP contribution in [0, 0.1) is 0 Å². The Balaban J connectivity index is 1.28. The molecule has 2 aromatic carbocycles. The van der Waals surface area contributed by atoms with E-state index in [0.29, 0.717) is 36.3 Å². The molecular formula is C25H26N4O4.